The molecule has 11 heavy (non-hydrogen) atoms. The lowest BCUT2D eigenvalue weighted by atomic mass is 10.1. The number of hydrogen-bond donors (Lipinski definition) is 1. The number of aromatic hydroxyl groups is 1. The van der Waals surface area contributed by atoms with Crippen LogP contribution in [0, 0.1) is 0 Å². The van der Waals surface area contributed by atoms with Crippen molar-refractivity contribution < 1.29 is 9.90 Å². The van der Waals surface area contributed by atoms with Gasteiger partial charge in [0.15, 0.2) is 5.78 Å². The van der Waals surface area contributed by atoms with Crippen LogP contribution in [-0.2, 0) is 0 Å². The largest absolute Gasteiger partial charge is 0.508 e. The maximum absolute atomic E-state index is 10.7. The zero-order valence-corrected chi connectivity index (χ0v) is 6.24. The highest BCUT2D eigenvalue weighted by Gasteiger charge is 1.97. The van der Waals surface area contributed by atoms with Crippen molar-refractivity contribution in [1.29, 1.82) is 0 Å². The van der Waals surface area contributed by atoms with Crippen molar-refractivity contribution >= 4 is 14.2 Å². The van der Waals surface area contributed by atoms with E-state index < -0.39 is 0 Å². The van der Waals surface area contributed by atoms with Crippen LogP contribution in [0.1, 0.15) is 17.3 Å². The van der Waals surface area contributed by atoms with Gasteiger partial charge in [-0.05, 0) is 19.1 Å². The third-order valence-corrected chi connectivity index (χ3v) is 1.25. The second-order valence-electron chi connectivity index (χ2n) is 2.11. The summed E-state index contributed by atoms with van der Waals surface area (Å²) in [6, 6.07) is 6.29. The molecule has 0 aromatic heterocycles. The maximum Gasteiger partial charge on any atom is 0.159 e. The van der Waals surface area contributed by atoms with Gasteiger partial charge in [-0.3, -0.25) is 4.79 Å². The Hall–Kier alpha value is -1.25. The lowest BCUT2D eigenvalue weighted by molar-refractivity contribution is 0.101. The molecular weight excluding hydrogens is 139 g/mol. The Morgan fingerprint density at radius 3 is 2.45 bits per heavy atom. The van der Waals surface area contributed by atoms with Crippen LogP contribution in [0.25, 0.3) is 0 Å². The number of carbonyl (C=O) groups is 1. The van der Waals surface area contributed by atoms with Gasteiger partial charge < -0.3 is 5.11 Å². The Bertz CT molecular complexity index is 258. The molecule has 0 aliphatic carbocycles. The molecule has 0 saturated heterocycles. The van der Waals surface area contributed by atoms with Crippen molar-refractivity contribution in [2.75, 3.05) is 0 Å². The Morgan fingerprint density at radius 1 is 1.45 bits per heavy atom. The molecule has 0 heterocycles. The van der Waals surface area contributed by atoms with Gasteiger partial charge in [-0.25, -0.2) is 0 Å². The predicted molar refractivity (Wildman–Crippen MR) is 43.9 cm³/mol. The van der Waals surface area contributed by atoms with E-state index in [1.54, 1.807) is 12.1 Å². The molecule has 0 saturated carbocycles. The highest BCUT2D eigenvalue weighted by Crippen LogP contribution is 2.10. The number of benzene rings is 1. The molecule has 1 aromatic carbocycles. The summed E-state index contributed by atoms with van der Waals surface area (Å²) in [4.78, 5) is 10.7. The lowest BCUT2D eigenvalue weighted by Crippen LogP contribution is -1.89. The summed E-state index contributed by atoms with van der Waals surface area (Å²) in [5.41, 5.74) is 0.542. The molecule has 0 bridgehead atoms. The number of ketones is 1. The van der Waals surface area contributed by atoms with Gasteiger partial charge in [-0.2, -0.15) is 0 Å². The average molecular weight is 147 g/mol. The third kappa shape index (κ3) is 2.46. The standard InChI is InChI=1S/C8H8O2.B/c1-6(9)7-3-2-4-8(10)5-7;/h2-5,10H,1H3;. The van der Waals surface area contributed by atoms with E-state index in [1.807, 2.05) is 0 Å². The molecule has 3 heteroatoms. The monoisotopic (exact) mass is 147 g/mol. The van der Waals surface area contributed by atoms with Crippen LogP contribution in [-0.4, -0.2) is 19.3 Å². The summed E-state index contributed by atoms with van der Waals surface area (Å²) in [5.74, 6) is 0.101. The molecular formula is C8H8BO2. The summed E-state index contributed by atoms with van der Waals surface area (Å²) in [5, 5.41) is 8.91. The van der Waals surface area contributed by atoms with Crippen molar-refractivity contribution in [1.82, 2.24) is 0 Å². The molecule has 55 valence electrons. The van der Waals surface area contributed by atoms with Crippen LogP contribution in [0.2, 0.25) is 0 Å². The van der Waals surface area contributed by atoms with Crippen molar-refractivity contribution in [3.63, 3.8) is 0 Å². The van der Waals surface area contributed by atoms with E-state index >= 15 is 0 Å². The van der Waals surface area contributed by atoms with Crippen molar-refractivity contribution in [2.45, 2.75) is 6.92 Å². The van der Waals surface area contributed by atoms with Crippen LogP contribution in [0.3, 0.4) is 0 Å². The first-order valence-corrected chi connectivity index (χ1v) is 3.00. The SMILES string of the molecule is CC(=O)c1cccc(O)c1.[B]. The van der Waals surface area contributed by atoms with Crippen LogP contribution >= 0.6 is 0 Å². The number of rotatable bonds is 1. The third-order valence-electron chi connectivity index (χ3n) is 1.25. The molecule has 0 fully saturated rings. The fourth-order valence-corrected chi connectivity index (χ4v) is 0.725. The van der Waals surface area contributed by atoms with Crippen molar-refractivity contribution in [2.24, 2.45) is 0 Å². The minimum Gasteiger partial charge on any atom is -0.508 e. The topological polar surface area (TPSA) is 37.3 Å². The van der Waals surface area contributed by atoms with Gasteiger partial charge in [0.2, 0.25) is 0 Å². The minimum absolute atomic E-state index is 0. The summed E-state index contributed by atoms with van der Waals surface area (Å²) < 4.78 is 0. The molecule has 0 aliphatic heterocycles. The fourth-order valence-electron chi connectivity index (χ4n) is 0.725. The first kappa shape index (κ1) is 9.75. The Balaban J connectivity index is 0.000001000. The van der Waals surface area contributed by atoms with E-state index in [4.69, 9.17) is 5.11 Å². The van der Waals surface area contributed by atoms with E-state index in [2.05, 4.69) is 0 Å². The molecule has 0 atom stereocenters. The number of Topliss-reactive ketones (excluding diaryl/α,β-unsaturated/α-hetero) is 1. The molecule has 3 radical (unpaired) electrons. The minimum atomic E-state index is -0.0316. The Morgan fingerprint density at radius 2 is 2.09 bits per heavy atom. The van der Waals surface area contributed by atoms with Gasteiger partial charge >= 0.3 is 0 Å². The van der Waals surface area contributed by atoms with E-state index in [-0.39, 0.29) is 19.9 Å². The summed E-state index contributed by atoms with van der Waals surface area (Å²) in [7, 11) is 0. The van der Waals surface area contributed by atoms with Gasteiger partial charge in [0, 0.05) is 14.0 Å². The van der Waals surface area contributed by atoms with Gasteiger partial charge in [-0.1, -0.05) is 12.1 Å². The number of phenols is 1. The summed E-state index contributed by atoms with van der Waals surface area (Å²) in [6.45, 7) is 1.47. The van der Waals surface area contributed by atoms with Gasteiger partial charge in [0.25, 0.3) is 0 Å². The highest BCUT2D eigenvalue weighted by molar-refractivity contribution is 5.94. The van der Waals surface area contributed by atoms with E-state index in [0.717, 1.165) is 0 Å². The quantitative estimate of drug-likeness (QED) is 0.478. The molecule has 1 N–H and O–H groups in total. The van der Waals surface area contributed by atoms with Crippen LogP contribution < -0.4 is 0 Å². The molecule has 2 nitrogen and oxygen atoms in total. The second-order valence-corrected chi connectivity index (χ2v) is 2.11. The van der Waals surface area contributed by atoms with E-state index in [1.165, 1.54) is 19.1 Å². The Labute approximate surface area is 67.4 Å². The number of carbonyl (C=O) groups excluding carboxylic acids is 1. The summed E-state index contributed by atoms with van der Waals surface area (Å²) >= 11 is 0. The molecule has 0 spiro atoms. The average Bonchev–Trinajstić information content (AvgIpc) is 1.88. The molecule has 0 amide bonds. The molecule has 0 aliphatic rings. The van der Waals surface area contributed by atoms with Gasteiger partial charge in [-0.15, -0.1) is 0 Å². The molecule has 1 aromatic rings. The number of hydrogen-bond acceptors (Lipinski definition) is 2. The van der Waals surface area contributed by atoms with E-state index in [9.17, 15) is 4.79 Å². The fraction of sp³-hybridized carbons (Fsp3) is 0.125. The van der Waals surface area contributed by atoms with Crippen molar-refractivity contribution in [3.05, 3.63) is 29.8 Å². The maximum atomic E-state index is 10.7. The van der Waals surface area contributed by atoms with Crippen LogP contribution in [0.15, 0.2) is 24.3 Å². The first-order chi connectivity index (χ1) is 4.70. The molecule has 1 rings (SSSR count). The predicted octanol–water partition coefficient (Wildman–Crippen LogP) is 1.21. The van der Waals surface area contributed by atoms with Crippen molar-refractivity contribution in [3.8, 4) is 5.75 Å². The zero-order chi connectivity index (χ0) is 7.56. The van der Waals surface area contributed by atoms with E-state index in [0.29, 0.717) is 5.56 Å². The number of phenolic OH excluding ortho intramolecular Hbond substituents is 1. The zero-order valence-electron chi connectivity index (χ0n) is 6.24. The first-order valence-electron chi connectivity index (χ1n) is 3.00. The highest BCUT2D eigenvalue weighted by atomic mass is 16.3. The smallest absolute Gasteiger partial charge is 0.159 e. The van der Waals surface area contributed by atoms with Crippen LogP contribution in [0.4, 0.5) is 0 Å². The summed E-state index contributed by atoms with van der Waals surface area (Å²) in [6.07, 6.45) is 0. The molecule has 0 unspecified atom stereocenters. The second kappa shape index (κ2) is 3.81. The van der Waals surface area contributed by atoms with Gasteiger partial charge in [0.1, 0.15) is 5.75 Å². The lowest BCUT2D eigenvalue weighted by Gasteiger charge is -1.93. The van der Waals surface area contributed by atoms with Crippen LogP contribution in [0.5, 0.6) is 5.75 Å². The van der Waals surface area contributed by atoms with Gasteiger partial charge in [0.05, 0.1) is 0 Å². The Kier molecular flexibility index (Phi) is 3.38. The normalized spacial score (nSPS) is 8.45.